The maximum absolute atomic E-state index is 13.0. The zero-order chi connectivity index (χ0) is 15.0. The van der Waals surface area contributed by atoms with Gasteiger partial charge in [0.05, 0.1) is 0 Å². The molecule has 0 spiro atoms. The predicted molar refractivity (Wildman–Crippen MR) is 85.6 cm³/mol. The summed E-state index contributed by atoms with van der Waals surface area (Å²) in [5.74, 6) is 0.243. The van der Waals surface area contributed by atoms with Gasteiger partial charge in [0.15, 0.2) is 0 Å². The summed E-state index contributed by atoms with van der Waals surface area (Å²) in [5, 5.41) is 3.31. The Labute approximate surface area is 127 Å². The zero-order valence-electron chi connectivity index (χ0n) is 13.2. The Bertz CT molecular complexity index is 535. The summed E-state index contributed by atoms with van der Waals surface area (Å²) in [4.78, 5) is 17.3. The van der Waals surface area contributed by atoms with Gasteiger partial charge in [0.25, 0.3) is 0 Å². The molecule has 2 aliphatic heterocycles. The van der Waals surface area contributed by atoms with Crippen molar-refractivity contribution < 1.29 is 4.79 Å². The first-order valence-corrected chi connectivity index (χ1v) is 7.89. The van der Waals surface area contributed by atoms with Crippen molar-refractivity contribution in [2.75, 3.05) is 31.1 Å². The van der Waals surface area contributed by atoms with E-state index in [0.29, 0.717) is 6.04 Å². The van der Waals surface area contributed by atoms with E-state index in [-0.39, 0.29) is 5.91 Å². The van der Waals surface area contributed by atoms with E-state index in [1.807, 2.05) is 4.90 Å². The van der Waals surface area contributed by atoms with E-state index in [1.165, 1.54) is 11.3 Å². The first kappa shape index (κ1) is 14.4. The van der Waals surface area contributed by atoms with E-state index < -0.39 is 5.54 Å². The van der Waals surface area contributed by atoms with Crippen LogP contribution in [0.4, 0.5) is 5.69 Å². The molecule has 2 heterocycles. The van der Waals surface area contributed by atoms with Crippen LogP contribution in [0.3, 0.4) is 0 Å². The second-order valence-corrected chi connectivity index (χ2v) is 6.65. The molecule has 21 heavy (non-hydrogen) atoms. The van der Waals surface area contributed by atoms with Gasteiger partial charge in [0.1, 0.15) is 5.54 Å². The number of amides is 1. The van der Waals surface area contributed by atoms with Gasteiger partial charge in [-0.25, -0.2) is 0 Å². The molecule has 114 valence electrons. The third-order valence-electron chi connectivity index (χ3n) is 4.74. The molecule has 1 amide bonds. The summed E-state index contributed by atoms with van der Waals surface area (Å²) >= 11 is 0. The Hall–Kier alpha value is -1.55. The lowest BCUT2D eigenvalue weighted by atomic mass is 9.98. The summed E-state index contributed by atoms with van der Waals surface area (Å²) in [6, 6.07) is 8.84. The van der Waals surface area contributed by atoms with Gasteiger partial charge < -0.3 is 15.1 Å². The second kappa shape index (κ2) is 5.34. The molecule has 4 heteroatoms. The SMILES string of the molecule is CC1Cc2ccccc2N1C(C)(C)C(=O)N1CCNCC1. The third-order valence-corrected chi connectivity index (χ3v) is 4.74. The fourth-order valence-electron chi connectivity index (χ4n) is 3.78. The van der Waals surface area contributed by atoms with Gasteiger partial charge in [0, 0.05) is 37.9 Å². The molecule has 0 aromatic heterocycles. The van der Waals surface area contributed by atoms with Crippen molar-refractivity contribution in [3.05, 3.63) is 29.8 Å². The van der Waals surface area contributed by atoms with Gasteiger partial charge in [-0.05, 0) is 38.8 Å². The lowest BCUT2D eigenvalue weighted by molar-refractivity contribution is -0.136. The second-order valence-electron chi connectivity index (χ2n) is 6.65. The number of carbonyl (C=O) groups is 1. The number of carbonyl (C=O) groups excluding carboxylic acids is 1. The van der Waals surface area contributed by atoms with Crippen LogP contribution in [-0.4, -0.2) is 48.6 Å². The molecule has 1 atom stereocenters. The lowest BCUT2D eigenvalue weighted by Gasteiger charge is -2.43. The van der Waals surface area contributed by atoms with Gasteiger partial charge in [-0.15, -0.1) is 0 Å². The Morgan fingerprint density at radius 3 is 2.62 bits per heavy atom. The van der Waals surface area contributed by atoms with E-state index >= 15 is 0 Å². The quantitative estimate of drug-likeness (QED) is 0.898. The standard InChI is InChI=1S/C17H25N3O/c1-13-12-14-6-4-5-7-15(14)20(13)17(2,3)16(21)19-10-8-18-9-11-19/h4-7,13,18H,8-12H2,1-3H3. The van der Waals surface area contributed by atoms with Crippen LogP contribution in [0, 0.1) is 0 Å². The van der Waals surface area contributed by atoms with Gasteiger partial charge in [-0.1, -0.05) is 18.2 Å². The van der Waals surface area contributed by atoms with Crippen LogP contribution in [0.1, 0.15) is 26.3 Å². The average molecular weight is 287 g/mol. The third kappa shape index (κ3) is 2.42. The molecule has 1 N–H and O–H groups in total. The molecular formula is C17H25N3O. The molecule has 0 bridgehead atoms. The Morgan fingerprint density at radius 1 is 1.24 bits per heavy atom. The topological polar surface area (TPSA) is 35.6 Å². The predicted octanol–water partition coefficient (Wildman–Crippen LogP) is 1.65. The highest BCUT2D eigenvalue weighted by molar-refractivity contribution is 5.90. The summed E-state index contributed by atoms with van der Waals surface area (Å²) in [6.45, 7) is 9.76. The van der Waals surface area contributed by atoms with Crippen molar-refractivity contribution in [3.63, 3.8) is 0 Å². The summed E-state index contributed by atoms with van der Waals surface area (Å²) in [5.41, 5.74) is 2.08. The smallest absolute Gasteiger partial charge is 0.247 e. The molecular weight excluding hydrogens is 262 g/mol. The van der Waals surface area contributed by atoms with E-state index in [4.69, 9.17) is 0 Å². The summed E-state index contributed by atoms with van der Waals surface area (Å²) in [7, 11) is 0. The number of hydrogen-bond acceptors (Lipinski definition) is 3. The minimum atomic E-state index is -0.497. The fourth-order valence-corrected chi connectivity index (χ4v) is 3.78. The number of anilines is 1. The Balaban J connectivity index is 1.88. The first-order chi connectivity index (χ1) is 10.0. The van der Waals surface area contributed by atoms with Crippen molar-refractivity contribution in [2.45, 2.75) is 38.8 Å². The highest BCUT2D eigenvalue weighted by Gasteiger charge is 2.43. The Kier molecular flexibility index (Phi) is 3.66. The molecule has 0 radical (unpaired) electrons. The molecule has 0 aliphatic carbocycles. The lowest BCUT2D eigenvalue weighted by Crippen LogP contribution is -2.60. The number of hydrogen-bond donors (Lipinski definition) is 1. The van der Waals surface area contributed by atoms with Crippen molar-refractivity contribution in [3.8, 4) is 0 Å². The molecule has 1 aromatic rings. The highest BCUT2D eigenvalue weighted by Crippen LogP contribution is 2.38. The van der Waals surface area contributed by atoms with Gasteiger partial charge in [-0.2, -0.15) is 0 Å². The molecule has 4 nitrogen and oxygen atoms in total. The molecule has 1 aromatic carbocycles. The van der Waals surface area contributed by atoms with Crippen molar-refractivity contribution in [1.29, 1.82) is 0 Å². The first-order valence-electron chi connectivity index (χ1n) is 7.89. The number of rotatable bonds is 2. The molecule has 1 fully saturated rings. The van der Waals surface area contributed by atoms with Crippen LogP contribution >= 0.6 is 0 Å². The van der Waals surface area contributed by atoms with E-state index in [2.05, 4.69) is 55.3 Å². The van der Waals surface area contributed by atoms with Gasteiger partial charge in [-0.3, -0.25) is 4.79 Å². The van der Waals surface area contributed by atoms with Crippen LogP contribution in [0.5, 0.6) is 0 Å². The minimum Gasteiger partial charge on any atom is -0.354 e. The average Bonchev–Trinajstić information content (AvgIpc) is 2.83. The van der Waals surface area contributed by atoms with Crippen LogP contribution in [0.25, 0.3) is 0 Å². The minimum absolute atomic E-state index is 0.243. The number of fused-ring (bicyclic) bond motifs is 1. The van der Waals surface area contributed by atoms with Crippen LogP contribution in [0.2, 0.25) is 0 Å². The molecule has 0 saturated carbocycles. The molecule has 1 unspecified atom stereocenters. The fraction of sp³-hybridized carbons (Fsp3) is 0.588. The maximum atomic E-state index is 13.0. The van der Waals surface area contributed by atoms with Gasteiger partial charge in [0.2, 0.25) is 5.91 Å². The largest absolute Gasteiger partial charge is 0.354 e. The van der Waals surface area contributed by atoms with E-state index in [9.17, 15) is 4.79 Å². The van der Waals surface area contributed by atoms with Gasteiger partial charge >= 0.3 is 0 Å². The van der Waals surface area contributed by atoms with Crippen LogP contribution in [0.15, 0.2) is 24.3 Å². The maximum Gasteiger partial charge on any atom is 0.247 e. The highest BCUT2D eigenvalue weighted by atomic mass is 16.2. The van der Waals surface area contributed by atoms with Crippen LogP contribution < -0.4 is 10.2 Å². The van der Waals surface area contributed by atoms with Crippen molar-refractivity contribution >= 4 is 11.6 Å². The molecule has 2 aliphatic rings. The normalized spacial score (nSPS) is 22.3. The number of benzene rings is 1. The zero-order valence-corrected chi connectivity index (χ0v) is 13.2. The Morgan fingerprint density at radius 2 is 1.90 bits per heavy atom. The monoisotopic (exact) mass is 287 g/mol. The number of para-hydroxylation sites is 1. The van der Waals surface area contributed by atoms with Crippen LogP contribution in [-0.2, 0) is 11.2 Å². The van der Waals surface area contributed by atoms with Crippen molar-refractivity contribution in [1.82, 2.24) is 10.2 Å². The number of nitrogens with zero attached hydrogens (tertiary/aromatic N) is 2. The van der Waals surface area contributed by atoms with E-state index in [1.54, 1.807) is 0 Å². The number of nitrogens with one attached hydrogen (secondary N) is 1. The summed E-state index contributed by atoms with van der Waals surface area (Å²) < 4.78 is 0. The molecule has 1 saturated heterocycles. The molecule has 3 rings (SSSR count). The summed E-state index contributed by atoms with van der Waals surface area (Å²) in [6.07, 6.45) is 1.02. The van der Waals surface area contributed by atoms with Crippen molar-refractivity contribution in [2.24, 2.45) is 0 Å². The number of piperazine rings is 1. The van der Waals surface area contributed by atoms with E-state index in [0.717, 1.165) is 32.6 Å².